The Labute approximate surface area is 169 Å². The molecule has 0 spiro atoms. The number of anilines is 1. The van der Waals surface area contributed by atoms with Crippen LogP contribution in [0.5, 0.6) is 0 Å². The maximum atomic E-state index is 12.5. The maximum Gasteiger partial charge on any atom is 0.247 e. The van der Waals surface area contributed by atoms with Crippen LogP contribution < -0.4 is 10.6 Å². The lowest BCUT2D eigenvalue weighted by Crippen LogP contribution is -2.35. The largest absolute Gasteiger partial charge is 0.379 e. The van der Waals surface area contributed by atoms with E-state index < -0.39 is 6.04 Å². The van der Waals surface area contributed by atoms with Crippen molar-refractivity contribution in [3.05, 3.63) is 29.0 Å². The number of halogens is 2. The molecule has 1 fully saturated rings. The van der Waals surface area contributed by atoms with Gasteiger partial charge in [0.1, 0.15) is 6.04 Å². The lowest BCUT2D eigenvalue weighted by Gasteiger charge is -2.25. The topological polar surface area (TPSA) is 84.3 Å². The van der Waals surface area contributed by atoms with Crippen molar-refractivity contribution in [2.24, 2.45) is 7.05 Å². The van der Waals surface area contributed by atoms with Gasteiger partial charge in [-0.3, -0.25) is 14.4 Å². The molecule has 146 valence electrons. The lowest BCUT2D eigenvalue weighted by atomic mass is 10.1. The lowest BCUT2D eigenvalue weighted by molar-refractivity contribution is -0.118. The van der Waals surface area contributed by atoms with Gasteiger partial charge in [0.15, 0.2) is 5.13 Å². The third-order valence-electron chi connectivity index (χ3n) is 3.88. The van der Waals surface area contributed by atoms with Gasteiger partial charge in [-0.1, -0.05) is 0 Å². The van der Waals surface area contributed by atoms with Crippen LogP contribution in [0, 0.1) is 0 Å². The molecule has 2 aromatic rings. The number of aryl methyl sites for hydroxylation is 1. The Kier molecular flexibility index (Phi) is 9.48. The molecular weight excluding hydrogens is 399 g/mol. The van der Waals surface area contributed by atoms with E-state index in [-0.39, 0.29) is 30.7 Å². The Bertz CT molecular complexity index is 689. The van der Waals surface area contributed by atoms with Crippen molar-refractivity contribution in [2.45, 2.75) is 12.6 Å². The minimum absolute atomic E-state index is 0. The summed E-state index contributed by atoms with van der Waals surface area (Å²) < 4.78 is 7.02. The van der Waals surface area contributed by atoms with E-state index in [1.54, 1.807) is 17.9 Å². The number of amides is 1. The number of hydrogen-bond acceptors (Lipinski definition) is 7. The molecule has 0 radical (unpaired) electrons. The van der Waals surface area contributed by atoms with E-state index in [2.05, 4.69) is 25.6 Å². The second-order valence-electron chi connectivity index (χ2n) is 5.69. The summed E-state index contributed by atoms with van der Waals surface area (Å²) >= 11 is 1.45. The predicted molar refractivity (Wildman–Crippen MR) is 106 cm³/mol. The molecule has 0 aromatic carbocycles. The van der Waals surface area contributed by atoms with E-state index in [1.165, 1.54) is 11.3 Å². The van der Waals surface area contributed by atoms with Gasteiger partial charge in [0, 0.05) is 43.8 Å². The number of hydrogen-bond donors (Lipinski definition) is 2. The summed E-state index contributed by atoms with van der Waals surface area (Å²) in [5, 5.41) is 12.6. The minimum Gasteiger partial charge on any atom is -0.379 e. The molecule has 26 heavy (non-hydrogen) atoms. The van der Waals surface area contributed by atoms with Crippen LogP contribution in [0.4, 0.5) is 5.13 Å². The zero-order valence-corrected chi connectivity index (χ0v) is 17.1. The number of aromatic nitrogens is 3. The Morgan fingerprint density at radius 2 is 2.12 bits per heavy atom. The highest BCUT2D eigenvalue weighted by Gasteiger charge is 2.21. The summed E-state index contributed by atoms with van der Waals surface area (Å²) in [5.41, 5.74) is 1.79. The first kappa shape index (κ1) is 22.8. The van der Waals surface area contributed by atoms with Crippen molar-refractivity contribution in [1.29, 1.82) is 0 Å². The Balaban J connectivity index is 0.00000169. The molecular formula is C15H24Cl2N6O2S. The highest BCUT2D eigenvalue weighted by atomic mass is 35.5. The van der Waals surface area contributed by atoms with Gasteiger partial charge in [0.05, 0.1) is 25.1 Å². The first-order chi connectivity index (χ1) is 11.7. The molecule has 0 aliphatic carbocycles. The molecule has 1 unspecified atom stereocenters. The SMILES string of the molecule is CNC(C(=O)Nc1nc(CN2CCOCC2)cs1)c1cnn(C)c1.Cl.Cl. The standard InChI is InChI=1S/C15H22N6O2S.2ClH/c1-16-13(11-7-17-20(2)8-11)14(22)19-15-18-12(10-24-15)9-21-3-5-23-6-4-21;;/h7-8,10,13,16H,3-6,9H2,1-2H3,(H,18,19,22);2*1H. The maximum absolute atomic E-state index is 12.5. The number of carbonyl (C=O) groups excluding carboxylic acids is 1. The number of ether oxygens (including phenoxy) is 1. The van der Waals surface area contributed by atoms with Crippen LogP contribution in [-0.4, -0.2) is 58.9 Å². The van der Waals surface area contributed by atoms with Gasteiger partial charge in [-0.2, -0.15) is 5.10 Å². The van der Waals surface area contributed by atoms with Crippen molar-refractivity contribution in [1.82, 2.24) is 25.0 Å². The summed E-state index contributed by atoms with van der Waals surface area (Å²) in [6, 6.07) is -0.453. The number of morpholine rings is 1. The van der Waals surface area contributed by atoms with Gasteiger partial charge in [-0.05, 0) is 7.05 Å². The van der Waals surface area contributed by atoms with Gasteiger partial charge < -0.3 is 15.4 Å². The number of thiazole rings is 1. The minimum atomic E-state index is -0.453. The molecule has 2 N–H and O–H groups in total. The fourth-order valence-corrected chi connectivity index (χ4v) is 3.35. The van der Waals surface area contributed by atoms with Gasteiger partial charge in [-0.15, -0.1) is 36.2 Å². The first-order valence-electron chi connectivity index (χ1n) is 7.87. The Morgan fingerprint density at radius 3 is 2.73 bits per heavy atom. The number of carbonyl (C=O) groups is 1. The van der Waals surface area contributed by atoms with Crippen LogP contribution >= 0.6 is 36.2 Å². The van der Waals surface area contributed by atoms with E-state index in [0.29, 0.717) is 5.13 Å². The molecule has 8 nitrogen and oxygen atoms in total. The fourth-order valence-electron chi connectivity index (χ4n) is 2.64. The molecule has 1 aliphatic heterocycles. The average Bonchev–Trinajstić information content (AvgIpc) is 3.18. The highest BCUT2D eigenvalue weighted by molar-refractivity contribution is 7.13. The molecule has 1 saturated heterocycles. The van der Waals surface area contributed by atoms with Crippen molar-refractivity contribution >= 4 is 47.2 Å². The molecule has 0 saturated carbocycles. The highest BCUT2D eigenvalue weighted by Crippen LogP contribution is 2.20. The molecule has 3 rings (SSSR count). The summed E-state index contributed by atoms with van der Waals surface area (Å²) in [5.74, 6) is -0.141. The Morgan fingerprint density at radius 1 is 1.38 bits per heavy atom. The second kappa shape index (κ2) is 10.8. The predicted octanol–water partition coefficient (Wildman–Crippen LogP) is 1.45. The van der Waals surface area contributed by atoms with E-state index in [9.17, 15) is 4.79 Å². The summed E-state index contributed by atoms with van der Waals surface area (Å²) in [4.78, 5) is 19.3. The molecule has 0 bridgehead atoms. The Hall–Kier alpha value is -1.23. The van der Waals surface area contributed by atoms with Gasteiger partial charge in [-0.25, -0.2) is 4.98 Å². The van der Waals surface area contributed by atoms with E-state index >= 15 is 0 Å². The van der Waals surface area contributed by atoms with Crippen molar-refractivity contribution < 1.29 is 9.53 Å². The molecule has 1 amide bonds. The second-order valence-corrected chi connectivity index (χ2v) is 6.55. The molecule has 1 aliphatic rings. The smallest absolute Gasteiger partial charge is 0.247 e. The third kappa shape index (κ3) is 5.90. The van der Waals surface area contributed by atoms with E-state index in [1.807, 2.05) is 18.6 Å². The van der Waals surface area contributed by atoms with Gasteiger partial charge in [0.25, 0.3) is 0 Å². The zero-order valence-electron chi connectivity index (χ0n) is 14.7. The van der Waals surface area contributed by atoms with Crippen LogP contribution in [0.3, 0.4) is 0 Å². The molecule has 1 atom stereocenters. The average molecular weight is 423 g/mol. The zero-order chi connectivity index (χ0) is 16.9. The van der Waals surface area contributed by atoms with E-state index in [0.717, 1.165) is 44.1 Å². The summed E-state index contributed by atoms with van der Waals surface area (Å²) in [6.07, 6.45) is 3.51. The molecule has 2 aromatic heterocycles. The van der Waals surface area contributed by atoms with Gasteiger partial charge >= 0.3 is 0 Å². The monoisotopic (exact) mass is 422 g/mol. The van der Waals surface area contributed by atoms with Crippen LogP contribution in [0.25, 0.3) is 0 Å². The molecule has 3 heterocycles. The number of nitrogens with zero attached hydrogens (tertiary/aromatic N) is 4. The summed E-state index contributed by atoms with van der Waals surface area (Å²) in [6.45, 7) is 4.16. The van der Waals surface area contributed by atoms with Crippen LogP contribution in [0.1, 0.15) is 17.3 Å². The van der Waals surface area contributed by atoms with Crippen molar-refractivity contribution in [3.8, 4) is 0 Å². The van der Waals surface area contributed by atoms with Crippen molar-refractivity contribution in [2.75, 3.05) is 38.7 Å². The third-order valence-corrected chi connectivity index (χ3v) is 4.69. The number of likely N-dealkylation sites (N-methyl/N-ethyl adjacent to an activating group) is 1. The number of rotatable bonds is 6. The van der Waals surface area contributed by atoms with Gasteiger partial charge in [0.2, 0.25) is 5.91 Å². The normalized spacial score (nSPS) is 15.6. The fraction of sp³-hybridized carbons (Fsp3) is 0.533. The quantitative estimate of drug-likeness (QED) is 0.732. The number of nitrogens with one attached hydrogen (secondary N) is 2. The van der Waals surface area contributed by atoms with Crippen LogP contribution in [0.2, 0.25) is 0 Å². The summed E-state index contributed by atoms with van der Waals surface area (Å²) in [7, 11) is 3.58. The van der Waals surface area contributed by atoms with Crippen LogP contribution in [0.15, 0.2) is 17.8 Å². The van der Waals surface area contributed by atoms with Crippen molar-refractivity contribution in [3.63, 3.8) is 0 Å². The van der Waals surface area contributed by atoms with Crippen LogP contribution in [-0.2, 0) is 23.1 Å². The molecule has 11 heteroatoms. The van der Waals surface area contributed by atoms with E-state index in [4.69, 9.17) is 4.74 Å². The first-order valence-corrected chi connectivity index (χ1v) is 8.75.